The van der Waals surface area contributed by atoms with Gasteiger partial charge in [-0.05, 0) is 26.7 Å². The second kappa shape index (κ2) is 5.59. The quantitative estimate of drug-likeness (QED) is 0.696. The van der Waals surface area contributed by atoms with Crippen LogP contribution in [0, 0.1) is 0 Å². The first-order valence-electron chi connectivity index (χ1n) is 6.28. The number of carbonyl (C=O) groups excluding carboxylic acids is 1. The lowest BCUT2D eigenvalue weighted by Crippen LogP contribution is -2.54. The molecule has 0 spiro atoms. The summed E-state index contributed by atoms with van der Waals surface area (Å²) in [6.07, 6.45) is 2.35. The fourth-order valence-electron chi connectivity index (χ4n) is 1.72. The van der Waals surface area contributed by atoms with Crippen molar-refractivity contribution < 1.29 is 14.3 Å². The number of ether oxygens (including phenoxy) is 2. The predicted molar refractivity (Wildman–Crippen MR) is 68.3 cm³/mol. The summed E-state index contributed by atoms with van der Waals surface area (Å²) < 4.78 is 10.3. The molecule has 2 fully saturated rings. The van der Waals surface area contributed by atoms with E-state index in [1.807, 2.05) is 13.8 Å². The largest absolute Gasteiger partial charge is 0.465 e. The van der Waals surface area contributed by atoms with Gasteiger partial charge in [0.05, 0.1) is 25.1 Å². The molecule has 1 unspecified atom stereocenters. The van der Waals surface area contributed by atoms with Gasteiger partial charge in [-0.3, -0.25) is 10.1 Å². The molecule has 1 saturated heterocycles. The van der Waals surface area contributed by atoms with E-state index in [-0.39, 0.29) is 5.97 Å². The van der Waals surface area contributed by atoms with Gasteiger partial charge in [0, 0.05) is 11.8 Å². The van der Waals surface area contributed by atoms with E-state index in [9.17, 15) is 4.79 Å². The molecule has 1 N–H and O–H groups in total. The fraction of sp³-hybridized carbons (Fsp3) is 0.917. The molecule has 0 aromatic carbocycles. The van der Waals surface area contributed by atoms with Gasteiger partial charge in [-0.2, -0.15) is 11.8 Å². The number of hydrogen-bond donors (Lipinski definition) is 1. The van der Waals surface area contributed by atoms with Gasteiger partial charge in [-0.15, -0.1) is 0 Å². The van der Waals surface area contributed by atoms with Crippen LogP contribution in [0.5, 0.6) is 0 Å². The lowest BCUT2D eigenvalue weighted by molar-refractivity contribution is -0.149. The Balaban J connectivity index is 1.86. The standard InChI is InChI=1S/C12H21NO3S/c1-3-16-11(14)12(2,13-9-4-5-9)8-17-10-6-15-7-10/h9-10,13H,3-8H2,1-2H3. The molecule has 17 heavy (non-hydrogen) atoms. The molecule has 0 amide bonds. The van der Waals surface area contributed by atoms with Crippen molar-refractivity contribution in [3.8, 4) is 0 Å². The maximum Gasteiger partial charge on any atom is 0.326 e. The van der Waals surface area contributed by atoms with Crippen LogP contribution in [-0.4, -0.2) is 48.4 Å². The normalized spacial score (nSPS) is 23.9. The molecule has 2 rings (SSSR count). The zero-order valence-electron chi connectivity index (χ0n) is 10.5. The second-order valence-electron chi connectivity index (χ2n) is 4.94. The molecule has 0 radical (unpaired) electrons. The number of nitrogens with one attached hydrogen (secondary N) is 1. The predicted octanol–water partition coefficient (Wildman–Crippen LogP) is 1.19. The summed E-state index contributed by atoms with van der Waals surface area (Å²) in [5, 5.41) is 3.97. The first-order valence-corrected chi connectivity index (χ1v) is 7.33. The van der Waals surface area contributed by atoms with Gasteiger partial charge in [0.25, 0.3) is 0 Å². The highest BCUT2D eigenvalue weighted by Gasteiger charge is 2.40. The monoisotopic (exact) mass is 259 g/mol. The van der Waals surface area contributed by atoms with Gasteiger partial charge in [0.15, 0.2) is 0 Å². The summed E-state index contributed by atoms with van der Waals surface area (Å²) in [6, 6.07) is 0.502. The molecule has 0 aromatic heterocycles. The minimum absolute atomic E-state index is 0.125. The van der Waals surface area contributed by atoms with Gasteiger partial charge >= 0.3 is 5.97 Å². The summed E-state index contributed by atoms with van der Waals surface area (Å²) in [5.41, 5.74) is -0.544. The van der Waals surface area contributed by atoms with E-state index in [0.717, 1.165) is 19.0 Å². The van der Waals surface area contributed by atoms with Crippen molar-refractivity contribution in [2.75, 3.05) is 25.6 Å². The molecule has 2 aliphatic rings. The zero-order valence-corrected chi connectivity index (χ0v) is 11.3. The topological polar surface area (TPSA) is 47.6 Å². The van der Waals surface area contributed by atoms with Gasteiger partial charge in [-0.25, -0.2) is 0 Å². The van der Waals surface area contributed by atoms with Gasteiger partial charge < -0.3 is 9.47 Å². The van der Waals surface area contributed by atoms with Crippen LogP contribution in [0.25, 0.3) is 0 Å². The van der Waals surface area contributed by atoms with E-state index in [2.05, 4.69) is 5.32 Å². The highest BCUT2D eigenvalue weighted by Crippen LogP contribution is 2.28. The van der Waals surface area contributed by atoms with Crippen LogP contribution < -0.4 is 5.32 Å². The van der Waals surface area contributed by atoms with Crippen molar-refractivity contribution in [1.82, 2.24) is 5.32 Å². The number of carbonyl (C=O) groups is 1. The van der Waals surface area contributed by atoms with E-state index in [1.165, 1.54) is 12.8 Å². The maximum atomic E-state index is 12.0. The van der Waals surface area contributed by atoms with Crippen LogP contribution in [0.3, 0.4) is 0 Å². The van der Waals surface area contributed by atoms with E-state index in [1.54, 1.807) is 11.8 Å². The van der Waals surface area contributed by atoms with Gasteiger partial charge in [-0.1, -0.05) is 0 Å². The summed E-state index contributed by atoms with van der Waals surface area (Å²) in [7, 11) is 0. The first-order chi connectivity index (χ1) is 8.14. The molecule has 98 valence electrons. The molecule has 4 nitrogen and oxygen atoms in total. The summed E-state index contributed by atoms with van der Waals surface area (Å²) >= 11 is 1.81. The van der Waals surface area contributed by atoms with Crippen LogP contribution in [0.4, 0.5) is 0 Å². The highest BCUT2D eigenvalue weighted by atomic mass is 32.2. The van der Waals surface area contributed by atoms with Crippen molar-refractivity contribution in [2.24, 2.45) is 0 Å². The minimum Gasteiger partial charge on any atom is -0.465 e. The maximum absolute atomic E-state index is 12.0. The van der Waals surface area contributed by atoms with E-state index in [4.69, 9.17) is 9.47 Å². The van der Waals surface area contributed by atoms with Crippen LogP contribution in [-0.2, 0) is 14.3 Å². The van der Waals surface area contributed by atoms with Crippen molar-refractivity contribution in [3.63, 3.8) is 0 Å². The molecule has 1 aliphatic heterocycles. The zero-order chi connectivity index (χ0) is 12.3. The molecule has 1 atom stereocenters. The minimum atomic E-state index is -0.544. The van der Waals surface area contributed by atoms with Crippen molar-refractivity contribution in [3.05, 3.63) is 0 Å². The van der Waals surface area contributed by atoms with E-state index in [0.29, 0.717) is 17.9 Å². The second-order valence-corrected chi connectivity index (χ2v) is 6.23. The number of esters is 1. The molecule has 1 aliphatic carbocycles. The smallest absolute Gasteiger partial charge is 0.326 e. The molecule has 1 heterocycles. The average molecular weight is 259 g/mol. The van der Waals surface area contributed by atoms with Crippen LogP contribution in [0.1, 0.15) is 26.7 Å². The van der Waals surface area contributed by atoms with Crippen molar-refractivity contribution >= 4 is 17.7 Å². The molecule has 0 aromatic rings. The van der Waals surface area contributed by atoms with Crippen LogP contribution >= 0.6 is 11.8 Å². The first kappa shape index (κ1) is 13.2. The molecular weight excluding hydrogens is 238 g/mol. The van der Waals surface area contributed by atoms with Gasteiger partial charge in [0.2, 0.25) is 0 Å². The van der Waals surface area contributed by atoms with Crippen LogP contribution in [0.15, 0.2) is 0 Å². The molecular formula is C12H21NO3S. The summed E-state index contributed by atoms with van der Waals surface area (Å²) in [5.74, 6) is 0.635. The highest BCUT2D eigenvalue weighted by molar-refractivity contribution is 8.00. The molecule has 1 saturated carbocycles. The number of hydrogen-bond acceptors (Lipinski definition) is 5. The van der Waals surface area contributed by atoms with Crippen molar-refractivity contribution in [1.29, 1.82) is 0 Å². The Morgan fingerprint density at radius 1 is 1.53 bits per heavy atom. The van der Waals surface area contributed by atoms with E-state index < -0.39 is 5.54 Å². The third-order valence-electron chi connectivity index (χ3n) is 3.04. The Kier molecular flexibility index (Phi) is 4.33. The molecule has 5 heteroatoms. The Labute approximate surface area is 107 Å². The number of rotatable bonds is 7. The SMILES string of the molecule is CCOC(=O)C(C)(CSC1COC1)NC1CC1. The lowest BCUT2D eigenvalue weighted by Gasteiger charge is -2.32. The average Bonchev–Trinajstić information content (AvgIpc) is 2.99. The van der Waals surface area contributed by atoms with E-state index >= 15 is 0 Å². The summed E-state index contributed by atoms with van der Waals surface area (Å²) in [6.45, 7) is 5.87. The Bertz CT molecular complexity index is 279. The summed E-state index contributed by atoms with van der Waals surface area (Å²) in [4.78, 5) is 12.0. The van der Waals surface area contributed by atoms with Gasteiger partial charge in [0.1, 0.15) is 5.54 Å². The number of thioether (sulfide) groups is 1. The van der Waals surface area contributed by atoms with Crippen molar-refractivity contribution in [2.45, 2.75) is 43.5 Å². The third-order valence-corrected chi connectivity index (χ3v) is 4.53. The van der Waals surface area contributed by atoms with Crippen LogP contribution in [0.2, 0.25) is 0 Å². The molecule has 0 bridgehead atoms. The fourth-order valence-corrected chi connectivity index (χ4v) is 2.88. The lowest BCUT2D eigenvalue weighted by atomic mass is 10.1. The third kappa shape index (κ3) is 3.60. The Morgan fingerprint density at radius 2 is 2.24 bits per heavy atom. The Morgan fingerprint density at radius 3 is 2.71 bits per heavy atom. The Hall–Kier alpha value is -0.260.